The van der Waals surface area contributed by atoms with Crippen molar-refractivity contribution in [3.8, 4) is 11.5 Å². The van der Waals surface area contributed by atoms with Crippen molar-refractivity contribution in [2.75, 3.05) is 38.8 Å². The Balaban J connectivity index is 1.48. The number of aromatic nitrogens is 2. The number of anilines is 2. The Morgan fingerprint density at radius 3 is 2.89 bits per heavy atom. The van der Waals surface area contributed by atoms with E-state index in [9.17, 15) is 4.79 Å². The maximum Gasteiger partial charge on any atom is 0.246 e. The highest BCUT2D eigenvalue weighted by molar-refractivity contribution is 6.32. The Morgan fingerprint density at radius 2 is 2.11 bits per heavy atom. The maximum absolute atomic E-state index is 11.7. The minimum absolute atomic E-state index is 0.00172. The van der Waals surface area contributed by atoms with Crippen LogP contribution in [0.1, 0.15) is 6.92 Å². The van der Waals surface area contributed by atoms with Crippen molar-refractivity contribution in [1.29, 1.82) is 0 Å². The van der Waals surface area contributed by atoms with Crippen LogP contribution >= 0.6 is 11.6 Å². The number of hydrogen-bond donors (Lipinski definition) is 2. The highest BCUT2D eigenvalue weighted by Crippen LogP contribution is 2.34. The van der Waals surface area contributed by atoms with E-state index in [-0.39, 0.29) is 25.2 Å². The third-order valence-electron chi connectivity index (χ3n) is 5.16. The van der Waals surface area contributed by atoms with Gasteiger partial charge in [0, 0.05) is 12.8 Å². The fourth-order valence-electron chi connectivity index (χ4n) is 3.47. The van der Waals surface area contributed by atoms with Crippen molar-refractivity contribution >= 4 is 39.9 Å². The number of ether oxygens (including phenoxy) is 4. The van der Waals surface area contributed by atoms with Gasteiger partial charge in [-0.2, -0.15) is 0 Å². The van der Waals surface area contributed by atoms with Crippen molar-refractivity contribution < 1.29 is 23.7 Å². The summed E-state index contributed by atoms with van der Waals surface area (Å²) < 4.78 is 22.3. The van der Waals surface area contributed by atoms with E-state index in [0.29, 0.717) is 46.4 Å². The fourth-order valence-corrected chi connectivity index (χ4v) is 3.71. The van der Waals surface area contributed by atoms with Crippen LogP contribution in [-0.2, 0) is 14.3 Å². The Bertz CT molecular complexity index is 1280. The summed E-state index contributed by atoms with van der Waals surface area (Å²) in [4.78, 5) is 20.5. The molecule has 1 atom stereocenters. The van der Waals surface area contributed by atoms with Gasteiger partial charge >= 0.3 is 0 Å². The Labute approximate surface area is 214 Å². The monoisotopic (exact) mass is 510 g/mol. The van der Waals surface area contributed by atoms with Gasteiger partial charge < -0.3 is 29.6 Å². The SMILES string of the molecule is COCC(=O)NC[C@H](C)Oc1cccc2ncnc(Nc3ccc(OCC4=CC=CCO4)c(Cl)c3)c12. The number of rotatable bonds is 11. The van der Waals surface area contributed by atoms with Crippen molar-refractivity contribution in [1.82, 2.24) is 15.3 Å². The smallest absolute Gasteiger partial charge is 0.246 e. The Morgan fingerprint density at radius 1 is 1.22 bits per heavy atom. The van der Waals surface area contributed by atoms with Crippen molar-refractivity contribution in [2.24, 2.45) is 0 Å². The molecule has 1 aliphatic heterocycles. The molecule has 0 bridgehead atoms. The van der Waals surface area contributed by atoms with Crippen LogP contribution in [0.15, 0.2) is 66.7 Å². The molecule has 9 nitrogen and oxygen atoms in total. The quantitative estimate of drug-likeness (QED) is 0.391. The lowest BCUT2D eigenvalue weighted by Gasteiger charge is -2.18. The lowest BCUT2D eigenvalue weighted by Crippen LogP contribution is -2.35. The summed E-state index contributed by atoms with van der Waals surface area (Å²) in [7, 11) is 1.47. The Hall–Kier alpha value is -3.82. The minimum atomic E-state index is -0.297. The zero-order chi connectivity index (χ0) is 25.3. The molecule has 2 aromatic carbocycles. The van der Waals surface area contributed by atoms with Gasteiger partial charge in [-0.15, -0.1) is 0 Å². The van der Waals surface area contributed by atoms with E-state index < -0.39 is 0 Å². The average molecular weight is 511 g/mol. The molecule has 10 heteroatoms. The molecule has 2 heterocycles. The molecule has 0 fully saturated rings. The van der Waals surface area contributed by atoms with Gasteiger partial charge in [-0.05, 0) is 49.4 Å². The van der Waals surface area contributed by atoms with Gasteiger partial charge in [-0.25, -0.2) is 9.97 Å². The number of allylic oxidation sites excluding steroid dienone is 2. The van der Waals surface area contributed by atoms with E-state index in [0.717, 1.165) is 11.4 Å². The number of hydrogen-bond acceptors (Lipinski definition) is 8. The lowest BCUT2D eigenvalue weighted by molar-refractivity contribution is -0.125. The first-order valence-electron chi connectivity index (χ1n) is 11.4. The molecule has 0 radical (unpaired) electrons. The number of nitrogens with zero attached hydrogens (tertiary/aromatic N) is 2. The largest absolute Gasteiger partial charge is 0.490 e. The number of halogens is 1. The van der Waals surface area contributed by atoms with Crippen LogP contribution in [0.5, 0.6) is 11.5 Å². The molecule has 1 amide bonds. The second kappa shape index (κ2) is 12.2. The molecule has 2 N–H and O–H groups in total. The number of nitrogens with one attached hydrogen (secondary N) is 2. The highest BCUT2D eigenvalue weighted by Gasteiger charge is 2.15. The summed E-state index contributed by atoms with van der Waals surface area (Å²) in [5.74, 6) is 2.22. The van der Waals surface area contributed by atoms with Crippen LogP contribution in [0, 0.1) is 0 Å². The second-order valence-corrected chi connectivity index (χ2v) is 8.38. The summed E-state index contributed by atoms with van der Waals surface area (Å²) in [5.41, 5.74) is 1.43. The molecule has 188 valence electrons. The Kier molecular flexibility index (Phi) is 8.59. The van der Waals surface area contributed by atoms with Gasteiger partial charge in [-0.3, -0.25) is 4.79 Å². The van der Waals surface area contributed by atoms with Gasteiger partial charge in [0.25, 0.3) is 0 Å². The first-order chi connectivity index (χ1) is 17.5. The standard InChI is InChI=1S/C26H27ClN4O5/c1-17(13-28-24(32)15-33-2)36-23-8-5-7-21-25(23)26(30-16-29-21)31-18-9-10-22(20(27)12-18)35-14-19-6-3-4-11-34-19/h3-10,12,16-17H,11,13-15H2,1-2H3,(H,28,32)(H,29,30,31)/t17-/m0/s1. The first kappa shape index (κ1) is 25.3. The summed E-state index contributed by atoms with van der Waals surface area (Å²) in [6.07, 6.45) is 6.90. The van der Waals surface area contributed by atoms with Crippen LogP contribution in [0.2, 0.25) is 5.02 Å². The molecule has 3 aromatic rings. The number of carbonyl (C=O) groups is 1. The fraction of sp³-hybridized carbons (Fsp3) is 0.269. The highest BCUT2D eigenvalue weighted by atomic mass is 35.5. The number of amides is 1. The minimum Gasteiger partial charge on any atom is -0.490 e. The van der Waals surface area contributed by atoms with Crippen molar-refractivity contribution in [2.45, 2.75) is 13.0 Å². The average Bonchev–Trinajstić information content (AvgIpc) is 2.88. The van der Waals surface area contributed by atoms with Gasteiger partial charge in [0.1, 0.15) is 55.3 Å². The van der Waals surface area contributed by atoms with Gasteiger partial charge in [0.15, 0.2) is 0 Å². The predicted molar refractivity (Wildman–Crippen MR) is 138 cm³/mol. The predicted octanol–water partition coefficient (Wildman–Crippen LogP) is 4.41. The van der Waals surface area contributed by atoms with E-state index in [1.165, 1.54) is 13.4 Å². The van der Waals surface area contributed by atoms with Crippen LogP contribution in [0.4, 0.5) is 11.5 Å². The van der Waals surface area contributed by atoms with Gasteiger partial charge in [0.2, 0.25) is 5.91 Å². The van der Waals surface area contributed by atoms with E-state index in [1.54, 1.807) is 12.1 Å². The zero-order valence-electron chi connectivity index (χ0n) is 20.0. The van der Waals surface area contributed by atoms with E-state index in [2.05, 4.69) is 20.6 Å². The molecule has 36 heavy (non-hydrogen) atoms. The maximum atomic E-state index is 11.7. The number of fused-ring (bicyclic) bond motifs is 1. The normalized spacial score (nSPS) is 13.5. The topological polar surface area (TPSA) is 104 Å². The molecule has 0 saturated carbocycles. The third kappa shape index (κ3) is 6.65. The van der Waals surface area contributed by atoms with Crippen molar-refractivity contribution in [3.63, 3.8) is 0 Å². The summed E-state index contributed by atoms with van der Waals surface area (Å²) in [5, 5.41) is 7.23. The van der Waals surface area contributed by atoms with Crippen LogP contribution in [-0.4, -0.2) is 55.5 Å². The molecule has 4 rings (SSSR count). The molecule has 0 unspecified atom stereocenters. The zero-order valence-corrected chi connectivity index (χ0v) is 20.7. The summed E-state index contributed by atoms with van der Waals surface area (Å²) in [6, 6.07) is 11.0. The number of carbonyl (C=O) groups excluding carboxylic acids is 1. The number of benzene rings is 2. The van der Waals surface area contributed by atoms with E-state index >= 15 is 0 Å². The summed E-state index contributed by atoms with van der Waals surface area (Å²) in [6.45, 7) is 3.01. The van der Waals surface area contributed by atoms with E-state index in [4.69, 9.17) is 30.5 Å². The van der Waals surface area contributed by atoms with Crippen LogP contribution in [0.25, 0.3) is 10.9 Å². The molecule has 1 aromatic heterocycles. The third-order valence-corrected chi connectivity index (χ3v) is 5.46. The molecular formula is C26H27ClN4O5. The first-order valence-corrected chi connectivity index (χ1v) is 11.7. The van der Waals surface area contributed by atoms with Gasteiger partial charge in [-0.1, -0.05) is 23.7 Å². The summed E-state index contributed by atoms with van der Waals surface area (Å²) >= 11 is 6.47. The lowest BCUT2D eigenvalue weighted by atomic mass is 10.2. The molecule has 0 saturated heterocycles. The van der Waals surface area contributed by atoms with E-state index in [1.807, 2.05) is 49.4 Å². The molecule has 0 spiro atoms. The van der Waals surface area contributed by atoms with Crippen LogP contribution < -0.4 is 20.1 Å². The molecule has 0 aliphatic carbocycles. The molecule has 1 aliphatic rings. The van der Waals surface area contributed by atoms with Gasteiger partial charge in [0.05, 0.1) is 22.5 Å². The second-order valence-electron chi connectivity index (χ2n) is 7.97. The number of methoxy groups -OCH3 is 1. The van der Waals surface area contributed by atoms with Crippen LogP contribution in [0.3, 0.4) is 0 Å². The molecular weight excluding hydrogens is 484 g/mol. The van der Waals surface area contributed by atoms with Crippen molar-refractivity contribution in [3.05, 3.63) is 71.7 Å².